The van der Waals surface area contributed by atoms with Gasteiger partial charge in [-0.3, -0.25) is 0 Å². The van der Waals surface area contributed by atoms with E-state index in [0.717, 1.165) is 36.0 Å². The van der Waals surface area contributed by atoms with Gasteiger partial charge in [-0.1, -0.05) is 12.1 Å². The summed E-state index contributed by atoms with van der Waals surface area (Å²) in [4.78, 5) is 38.1. The fourth-order valence-electron chi connectivity index (χ4n) is 5.08. The van der Waals surface area contributed by atoms with Gasteiger partial charge in [0.05, 0.1) is 36.0 Å². The summed E-state index contributed by atoms with van der Waals surface area (Å²) >= 11 is 0. The predicted octanol–water partition coefficient (Wildman–Crippen LogP) is 6.42. The highest BCUT2D eigenvalue weighted by atomic mass is 16.6. The third-order valence-corrected chi connectivity index (χ3v) is 8.16. The standard InChI is InChI=1S/C39H32O10/c40-36-21-28(36)17-18-44-30-8-3-24(4-9-30)37(41)47-32-13-15-33(16-14-32)48-38(42)25-5-10-31(11-6-25)49-39(43)29-2-1-27-20-34(12-7-26(27)19-29)45-22-35-23-46-35/h1-16,19-20,28,35-36,40H,17-18,21-23H2. The van der Waals surface area contributed by atoms with Gasteiger partial charge in [0.1, 0.15) is 41.5 Å². The Bertz CT molecular complexity index is 1970. The molecule has 1 saturated carbocycles. The van der Waals surface area contributed by atoms with Crippen LogP contribution in [0.3, 0.4) is 0 Å². The first-order chi connectivity index (χ1) is 23.9. The minimum Gasteiger partial charge on any atom is -0.494 e. The second kappa shape index (κ2) is 14.2. The minimum absolute atomic E-state index is 0.169. The number of fused-ring (bicyclic) bond motifs is 1. The molecular weight excluding hydrogens is 628 g/mol. The molecule has 3 atom stereocenters. The number of esters is 3. The van der Waals surface area contributed by atoms with Crippen molar-refractivity contribution in [1.82, 2.24) is 0 Å². The smallest absolute Gasteiger partial charge is 0.343 e. The lowest BCUT2D eigenvalue weighted by molar-refractivity contribution is 0.0718. The fourth-order valence-corrected chi connectivity index (χ4v) is 5.08. The second-order valence-electron chi connectivity index (χ2n) is 11.9. The van der Waals surface area contributed by atoms with Crippen LogP contribution in [0.4, 0.5) is 0 Å². The number of carbonyl (C=O) groups excluding carboxylic acids is 3. The van der Waals surface area contributed by atoms with E-state index in [9.17, 15) is 19.5 Å². The van der Waals surface area contributed by atoms with E-state index >= 15 is 0 Å². The average Bonchev–Trinajstić information content (AvgIpc) is 4.07. The summed E-state index contributed by atoms with van der Waals surface area (Å²) in [5.74, 6) is 0.821. The Morgan fingerprint density at radius 1 is 0.592 bits per heavy atom. The van der Waals surface area contributed by atoms with Gasteiger partial charge in [0.2, 0.25) is 0 Å². The summed E-state index contributed by atoms with van der Waals surface area (Å²) in [5.41, 5.74) is 0.992. The van der Waals surface area contributed by atoms with Crippen LogP contribution in [0.1, 0.15) is 43.9 Å². The van der Waals surface area contributed by atoms with Crippen molar-refractivity contribution >= 4 is 28.7 Å². The summed E-state index contributed by atoms with van der Waals surface area (Å²) in [7, 11) is 0. The normalized spacial score (nSPS) is 17.5. The first kappa shape index (κ1) is 31.9. The van der Waals surface area contributed by atoms with Crippen LogP contribution in [-0.4, -0.2) is 55.0 Å². The number of benzene rings is 5. The van der Waals surface area contributed by atoms with Crippen LogP contribution in [0.5, 0.6) is 28.7 Å². The Kier molecular flexibility index (Phi) is 9.23. The molecule has 3 unspecified atom stereocenters. The summed E-state index contributed by atoms with van der Waals surface area (Å²) in [6.45, 7) is 1.75. The average molecular weight is 661 g/mol. The lowest BCUT2D eigenvalue weighted by atomic mass is 10.1. The first-order valence-corrected chi connectivity index (χ1v) is 15.9. The van der Waals surface area contributed by atoms with E-state index in [1.807, 2.05) is 24.3 Å². The highest BCUT2D eigenvalue weighted by molar-refractivity contribution is 5.97. The molecule has 0 radical (unpaired) electrons. The zero-order valence-corrected chi connectivity index (χ0v) is 26.3. The number of hydrogen-bond acceptors (Lipinski definition) is 10. The molecule has 5 aromatic carbocycles. The van der Waals surface area contributed by atoms with Gasteiger partial charge in [-0.05, 0) is 127 Å². The van der Waals surface area contributed by atoms with E-state index in [1.165, 1.54) is 48.5 Å². The van der Waals surface area contributed by atoms with Gasteiger partial charge in [0.25, 0.3) is 0 Å². The number of rotatable bonds is 13. The lowest BCUT2D eigenvalue weighted by Crippen LogP contribution is -2.10. The maximum atomic E-state index is 12.8. The van der Waals surface area contributed by atoms with Crippen LogP contribution in [-0.2, 0) is 4.74 Å². The van der Waals surface area contributed by atoms with Crippen molar-refractivity contribution in [2.24, 2.45) is 5.92 Å². The van der Waals surface area contributed by atoms with E-state index < -0.39 is 17.9 Å². The molecule has 1 saturated heterocycles. The number of epoxide rings is 1. The predicted molar refractivity (Wildman–Crippen MR) is 178 cm³/mol. The molecule has 49 heavy (non-hydrogen) atoms. The van der Waals surface area contributed by atoms with Crippen molar-refractivity contribution in [2.45, 2.75) is 25.0 Å². The molecule has 10 heteroatoms. The van der Waals surface area contributed by atoms with Crippen molar-refractivity contribution in [1.29, 1.82) is 0 Å². The molecule has 1 heterocycles. The van der Waals surface area contributed by atoms with E-state index in [2.05, 4.69) is 0 Å². The fraction of sp³-hybridized carbons (Fsp3) is 0.205. The van der Waals surface area contributed by atoms with Gasteiger partial charge in [-0.2, -0.15) is 0 Å². The van der Waals surface area contributed by atoms with E-state index in [1.54, 1.807) is 36.4 Å². The van der Waals surface area contributed by atoms with Crippen molar-refractivity contribution < 1.29 is 47.9 Å². The molecule has 1 aliphatic carbocycles. The minimum atomic E-state index is -0.610. The van der Waals surface area contributed by atoms with Gasteiger partial charge in [0.15, 0.2) is 0 Å². The maximum absolute atomic E-state index is 12.8. The molecule has 0 bridgehead atoms. The quantitative estimate of drug-likeness (QED) is 0.0857. The summed E-state index contributed by atoms with van der Waals surface area (Å²) in [6, 6.07) is 29.7. The zero-order valence-electron chi connectivity index (χ0n) is 26.3. The molecule has 0 spiro atoms. The van der Waals surface area contributed by atoms with Gasteiger partial charge in [0, 0.05) is 0 Å². The van der Waals surface area contributed by atoms with Crippen molar-refractivity contribution in [3.63, 3.8) is 0 Å². The molecule has 0 aromatic heterocycles. The van der Waals surface area contributed by atoms with Gasteiger partial charge >= 0.3 is 17.9 Å². The molecule has 1 aliphatic heterocycles. The van der Waals surface area contributed by atoms with E-state index in [0.29, 0.717) is 36.0 Å². The van der Waals surface area contributed by atoms with Crippen LogP contribution in [0.25, 0.3) is 10.8 Å². The molecule has 2 aliphatic rings. The largest absolute Gasteiger partial charge is 0.494 e. The number of carbonyl (C=O) groups is 3. The Balaban J connectivity index is 0.877. The molecule has 10 nitrogen and oxygen atoms in total. The van der Waals surface area contributed by atoms with Crippen LogP contribution >= 0.6 is 0 Å². The first-order valence-electron chi connectivity index (χ1n) is 15.9. The molecule has 7 rings (SSSR count). The highest BCUT2D eigenvalue weighted by Crippen LogP contribution is 2.33. The van der Waals surface area contributed by atoms with Crippen LogP contribution in [0.15, 0.2) is 109 Å². The number of ether oxygens (including phenoxy) is 6. The molecule has 0 amide bonds. The van der Waals surface area contributed by atoms with Crippen molar-refractivity contribution in [3.05, 3.63) is 126 Å². The molecule has 5 aromatic rings. The highest BCUT2D eigenvalue weighted by Gasteiger charge is 2.34. The Labute approximate surface area is 281 Å². The summed E-state index contributed by atoms with van der Waals surface area (Å²) < 4.78 is 33.0. The number of aliphatic hydroxyl groups excluding tert-OH is 1. The van der Waals surface area contributed by atoms with Crippen LogP contribution in [0.2, 0.25) is 0 Å². The Morgan fingerprint density at radius 2 is 1.04 bits per heavy atom. The molecule has 1 N–H and O–H groups in total. The van der Waals surface area contributed by atoms with Crippen LogP contribution < -0.4 is 23.7 Å². The summed E-state index contributed by atoms with van der Waals surface area (Å²) in [5, 5.41) is 11.2. The Morgan fingerprint density at radius 3 is 1.59 bits per heavy atom. The maximum Gasteiger partial charge on any atom is 0.343 e. The van der Waals surface area contributed by atoms with Crippen LogP contribution in [0, 0.1) is 5.92 Å². The third-order valence-electron chi connectivity index (χ3n) is 8.16. The molecule has 248 valence electrons. The van der Waals surface area contributed by atoms with Gasteiger partial charge < -0.3 is 33.5 Å². The number of hydrogen-bond donors (Lipinski definition) is 1. The number of aliphatic hydroxyl groups is 1. The lowest BCUT2D eigenvalue weighted by Gasteiger charge is -2.09. The molecular formula is C39H32O10. The summed E-state index contributed by atoms with van der Waals surface area (Å²) in [6.07, 6.45) is 1.59. The van der Waals surface area contributed by atoms with Gasteiger partial charge in [-0.25, -0.2) is 14.4 Å². The SMILES string of the molecule is O=C(Oc1ccc(OC(=O)c2ccc(OC(=O)c3ccc4cc(OCC5CO5)ccc4c3)cc2)cc1)c1ccc(OCCC2CC2O)cc1. The van der Waals surface area contributed by atoms with E-state index in [4.69, 9.17) is 28.4 Å². The third kappa shape index (κ3) is 8.42. The topological polar surface area (TPSA) is 130 Å². The van der Waals surface area contributed by atoms with E-state index in [-0.39, 0.29) is 35.0 Å². The van der Waals surface area contributed by atoms with Crippen molar-refractivity contribution in [3.8, 4) is 28.7 Å². The second-order valence-corrected chi connectivity index (χ2v) is 11.9. The Hall–Kier alpha value is -5.71. The monoisotopic (exact) mass is 660 g/mol. The molecule has 2 fully saturated rings. The van der Waals surface area contributed by atoms with Gasteiger partial charge in [-0.15, -0.1) is 0 Å². The van der Waals surface area contributed by atoms with Crippen molar-refractivity contribution in [2.75, 3.05) is 19.8 Å². The zero-order chi connectivity index (χ0) is 33.7.